The lowest BCUT2D eigenvalue weighted by Crippen LogP contribution is -2.44. The first kappa shape index (κ1) is 18.1. The average Bonchev–Trinajstić information content (AvgIpc) is 2.95. The molecule has 23 heavy (non-hydrogen) atoms. The van der Waals surface area contributed by atoms with Crippen molar-refractivity contribution >= 4 is 5.97 Å². The van der Waals surface area contributed by atoms with Crippen LogP contribution in [0.15, 0.2) is 24.8 Å². The van der Waals surface area contributed by atoms with Gasteiger partial charge < -0.3 is 28.8 Å². The van der Waals surface area contributed by atoms with Crippen molar-refractivity contribution in [1.82, 2.24) is 0 Å². The summed E-state index contributed by atoms with van der Waals surface area (Å²) in [5.74, 6) is -1.48. The number of hydrogen-bond donors (Lipinski definition) is 1. The van der Waals surface area contributed by atoms with Gasteiger partial charge in [-0.3, -0.25) is 0 Å². The average molecular weight is 328 g/mol. The summed E-state index contributed by atoms with van der Waals surface area (Å²) in [5, 5.41) is 10.4. The SMILES string of the molecule is C=CCO[C@@H]1[C@H]2OC(C)(C)O[C@H]2O[C@@H]1[C@H](O)C(=C)C(=O)OCC. The molecule has 2 heterocycles. The minimum absolute atomic E-state index is 0.0942. The molecule has 1 N–H and O–H groups in total. The number of ether oxygens (including phenoxy) is 5. The molecule has 0 radical (unpaired) electrons. The fourth-order valence-corrected chi connectivity index (χ4v) is 2.67. The molecule has 2 saturated heterocycles. The van der Waals surface area contributed by atoms with Gasteiger partial charge in [-0.1, -0.05) is 12.7 Å². The lowest BCUT2D eigenvalue weighted by Gasteiger charge is -2.28. The van der Waals surface area contributed by atoms with E-state index >= 15 is 0 Å². The van der Waals surface area contributed by atoms with Gasteiger partial charge in [0, 0.05) is 0 Å². The van der Waals surface area contributed by atoms with Crippen molar-refractivity contribution in [2.75, 3.05) is 13.2 Å². The van der Waals surface area contributed by atoms with Crippen molar-refractivity contribution in [1.29, 1.82) is 0 Å². The predicted octanol–water partition coefficient (Wildman–Crippen LogP) is 0.914. The number of hydrogen-bond acceptors (Lipinski definition) is 7. The molecule has 0 aliphatic carbocycles. The second-order valence-electron chi connectivity index (χ2n) is 5.85. The van der Waals surface area contributed by atoms with E-state index in [2.05, 4.69) is 13.2 Å². The molecule has 2 aliphatic rings. The molecule has 0 bridgehead atoms. The Labute approximate surface area is 135 Å². The Bertz CT molecular complexity index is 473. The maximum atomic E-state index is 11.8. The lowest BCUT2D eigenvalue weighted by atomic mass is 10.00. The molecule has 130 valence electrons. The molecule has 2 fully saturated rings. The molecule has 0 aromatic heterocycles. The standard InChI is InChI=1S/C16H24O7/c1-6-8-20-12-11(10(17)9(3)14(18)19-7-2)21-15-13(12)22-16(4,5)23-15/h6,10-13,15,17H,1,3,7-8H2,2,4-5H3/t10-,11-,12+,13-,15-/m1/s1. The third-order valence-electron chi connectivity index (χ3n) is 3.64. The fraction of sp³-hybridized carbons (Fsp3) is 0.688. The number of aliphatic hydroxyl groups excluding tert-OH is 1. The molecule has 7 heteroatoms. The molecule has 0 aromatic carbocycles. The number of fused-ring (bicyclic) bond motifs is 1. The Hall–Kier alpha value is -1.25. The molecule has 0 aromatic rings. The monoisotopic (exact) mass is 328 g/mol. The van der Waals surface area contributed by atoms with Gasteiger partial charge in [-0.2, -0.15) is 0 Å². The second-order valence-corrected chi connectivity index (χ2v) is 5.85. The van der Waals surface area contributed by atoms with Crippen LogP contribution in [0.25, 0.3) is 0 Å². The van der Waals surface area contributed by atoms with Gasteiger partial charge >= 0.3 is 5.97 Å². The number of aliphatic hydroxyl groups is 1. The summed E-state index contributed by atoms with van der Waals surface area (Å²) in [7, 11) is 0. The van der Waals surface area contributed by atoms with Gasteiger partial charge in [0.25, 0.3) is 0 Å². The van der Waals surface area contributed by atoms with Crippen LogP contribution in [0, 0.1) is 0 Å². The Morgan fingerprint density at radius 2 is 2.13 bits per heavy atom. The summed E-state index contributed by atoms with van der Waals surface area (Å²) in [5.41, 5.74) is -0.0942. The van der Waals surface area contributed by atoms with Crippen LogP contribution < -0.4 is 0 Å². The van der Waals surface area contributed by atoms with E-state index in [9.17, 15) is 9.90 Å². The highest BCUT2D eigenvalue weighted by atomic mass is 16.8. The molecular formula is C16H24O7. The first-order chi connectivity index (χ1) is 10.8. The molecule has 2 rings (SSSR count). The summed E-state index contributed by atoms with van der Waals surface area (Å²) in [6, 6.07) is 0. The quantitative estimate of drug-likeness (QED) is 0.422. The summed E-state index contributed by atoms with van der Waals surface area (Å²) in [6.07, 6.45) is -2.38. The van der Waals surface area contributed by atoms with E-state index in [-0.39, 0.29) is 18.8 Å². The minimum atomic E-state index is -1.29. The van der Waals surface area contributed by atoms with Crippen molar-refractivity contribution in [2.45, 2.75) is 57.3 Å². The predicted molar refractivity (Wildman–Crippen MR) is 80.4 cm³/mol. The highest BCUT2D eigenvalue weighted by Gasteiger charge is 2.57. The third kappa shape index (κ3) is 3.81. The maximum Gasteiger partial charge on any atom is 0.336 e. The molecule has 0 unspecified atom stereocenters. The Kier molecular flexibility index (Phi) is 5.59. The minimum Gasteiger partial charge on any atom is -0.463 e. The number of esters is 1. The first-order valence-electron chi connectivity index (χ1n) is 7.58. The third-order valence-corrected chi connectivity index (χ3v) is 3.64. The van der Waals surface area contributed by atoms with Gasteiger partial charge in [0.1, 0.15) is 24.4 Å². The highest BCUT2D eigenvalue weighted by Crippen LogP contribution is 2.40. The van der Waals surface area contributed by atoms with E-state index in [1.54, 1.807) is 26.8 Å². The van der Waals surface area contributed by atoms with Crippen LogP contribution in [0.2, 0.25) is 0 Å². The van der Waals surface area contributed by atoms with Gasteiger partial charge in [0.05, 0.1) is 18.8 Å². The van der Waals surface area contributed by atoms with Gasteiger partial charge in [-0.05, 0) is 20.8 Å². The van der Waals surface area contributed by atoms with Crippen molar-refractivity contribution in [3.63, 3.8) is 0 Å². The number of carbonyl (C=O) groups excluding carboxylic acids is 1. The number of rotatable bonds is 7. The number of carbonyl (C=O) groups is 1. The largest absolute Gasteiger partial charge is 0.463 e. The van der Waals surface area contributed by atoms with E-state index in [0.29, 0.717) is 0 Å². The first-order valence-corrected chi connectivity index (χ1v) is 7.58. The van der Waals surface area contributed by atoms with Crippen molar-refractivity contribution in [3.8, 4) is 0 Å². The zero-order valence-electron chi connectivity index (χ0n) is 13.7. The Morgan fingerprint density at radius 3 is 2.74 bits per heavy atom. The summed E-state index contributed by atoms with van der Waals surface area (Å²) >= 11 is 0. The van der Waals surface area contributed by atoms with E-state index < -0.39 is 42.5 Å². The van der Waals surface area contributed by atoms with Gasteiger partial charge in [-0.15, -0.1) is 6.58 Å². The molecule has 7 nitrogen and oxygen atoms in total. The van der Waals surface area contributed by atoms with Crippen molar-refractivity contribution in [2.24, 2.45) is 0 Å². The van der Waals surface area contributed by atoms with E-state index in [1.807, 2.05) is 0 Å². The van der Waals surface area contributed by atoms with Crippen LogP contribution in [0.5, 0.6) is 0 Å². The van der Waals surface area contributed by atoms with Crippen LogP contribution in [0.1, 0.15) is 20.8 Å². The zero-order valence-corrected chi connectivity index (χ0v) is 13.7. The fourth-order valence-electron chi connectivity index (χ4n) is 2.67. The molecule has 2 aliphatic heterocycles. The van der Waals surface area contributed by atoms with Gasteiger partial charge in [0.15, 0.2) is 12.1 Å². The maximum absolute atomic E-state index is 11.8. The van der Waals surface area contributed by atoms with E-state index in [0.717, 1.165) is 0 Å². The second kappa shape index (κ2) is 7.11. The van der Waals surface area contributed by atoms with Crippen molar-refractivity contribution in [3.05, 3.63) is 24.8 Å². The van der Waals surface area contributed by atoms with Crippen LogP contribution in [-0.2, 0) is 28.5 Å². The van der Waals surface area contributed by atoms with Crippen LogP contribution in [0.3, 0.4) is 0 Å². The van der Waals surface area contributed by atoms with E-state index in [4.69, 9.17) is 23.7 Å². The van der Waals surface area contributed by atoms with Crippen molar-refractivity contribution < 1.29 is 33.6 Å². The van der Waals surface area contributed by atoms with Crippen LogP contribution in [0.4, 0.5) is 0 Å². The molecule has 0 amide bonds. The summed E-state index contributed by atoms with van der Waals surface area (Å²) in [6.45, 7) is 12.8. The van der Waals surface area contributed by atoms with E-state index in [1.165, 1.54) is 0 Å². The van der Waals surface area contributed by atoms with Gasteiger partial charge in [-0.25, -0.2) is 4.79 Å². The highest BCUT2D eigenvalue weighted by molar-refractivity contribution is 5.88. The topological polar surface area (TPSA) is 83.5 Å². The van der Waals surface area contributed by atoms with Crippen LogP contribution >= 0.6 is 0 Å². The zero-order chi connectivity index (χ0) is 17.2. The molecule has 0 saturated carbocycles. The lowest BCUT2D eigenvalue weighted by molar-refractivity contribution is -0.226. The normalized spacial score (nSPS) is 33.0. The molecule has 5 atom stereocenters. The molecular weight excluding hydrogens is 304 g/mol. The van der Waals surface area contributed by atoms with Crippen LogP contribution in [-0.4, -0.2) is 60.8 Å². The summed E-state index contributed by atoms with van der Waals surface area (Å²) < 4.78 is 27.7. The smallest absolute Gasteiger partial charge is 0.336 e. The summed E-state index contributed by atoms with van der Waals surface area (Å²) in [4.78, 5) is 11.8. The van der Waals surface area contributed by atoms with Gasteiger partial charge in [0.2, 0.25) is 0 Å². The Balaban J connectivity index is 2.12. The Morgan fingerprint density at radius 1 is 1.43 bits per heavy atom. The molecule has 0 spiro atoms.